The van der Waals surface area contributed by atoms with Gasteiger partial charge in [-0.15, -0.1) is 5.09 Å². The molecule has 0 saturated carbocycles. The number of carboxylic acid groups (broad SMARTS) is 1. The van der Waals surface area contributed by atoms with Crippen molar-refractivity contribution < 1.29 is 38.5 Å². The van der Waals surface area contributed by atoms with Crippen LogP contribution in [0.25, 0.3) is 0 Å². The van der Waals surface area contributed by atoms with Crippen molar-refractivity contribution in [1.29, 1.82) is 0 Å². The van der Waals surface area contributed by atoms with E-state index in [4.69, 9.17) is 13.8 Å². The molecule has 2 aliphatic heterocycles. The van der Waals surface area contributed by atoms with Gasteiger partial charge in [0.25, 0.3) is 0 Å². The first-order chi connectivity index (χ1) is 18.0. The van der Waals surface area contributed by atoms with Gasteiger partial charge in [-0.05, 0) is 32.3 Å². The second kappa shape index (κ2) is 12.9. The molecule has 0 aliphatic carbocycles. The average molecular weight is 560 g/mol. The Morgan fingerprint density at radius 1 is 1.24 bits per heavy atom. The molecule has 3 rings (SSSR count). The van der Waals surface area contributed by atoms with Gasteiger partial charge < -0.3 is 20.3 Å². The van der Waals surface area contributed by atoms with Crippen molar-refractivity contribution in [2.75, 3.05) is 11.9 Å². The first-order valence-corrected chi connectivity index (χ1v) is 14.8. The average Bonchev–Trinajstić information content (AvgIpc) is 3.11. The number of amides is 1. The third-order valence-electron chi connectivity index (χ3n) is 6.83. The zero-order valence-corrected chi connectivity index (χ0v) is 23.2. The molecule has 13 nitrogen and oxygen atoms in total. The van der Waals surface area contributed by atoms with E-state index < -0.39 is 49.8 Å². The molecule has 2 saturated heterocycles. The van der Waals surface area contributed by atoms with Crippen LogP contribution in [-0.4, -0.2) is 67.0 Å². The highest BCUT2D eigenvalue weighted by atomic mass is 31.2. The Kier molecular flexibility index (Phi) is 10.4. The maximum Gasteiger partial charge on any atom is 0.500 e. The number of aromatic nitrogens is 2. The number of carboxylic acids is 1. The van der Waals surface area contributed by atoms with Crippen molar-refractivity contribution in [3.63, 3.8) is 0 Å². The number of anilines is 1. The largest absolute Gasteiger partial charge is 0.500 e. The number of rotatable bonds is 13. The number of carbonyl (C=O) groups is 2. The van der Waals surface area contributed by atoms with Gasteiger partial charge in [0, 0.05) is 12.1 Å². The molecule has 38 heavy (non-hydrogen) atoms. The monoisotopic (exact) mass is 559 g/mol. The van der Waals surface area contributed by atoms with Gasteiger partial charge in [-0.2, -0.15) is 18.9 Å². The molecule has 0 spiro atoms. The lowest BCUT2D eigenvalue weighted by atomic mass is 9.96. The first kappa shape index (κ1) is 30.6. The van der Waals surface area contributed by atoms with Crippen molar-refractivity contribution in [1.82, 2.24) is 14.6 Å². The van der Waals surface area contributed by atoms with Crippen molar-refractivity contribution in [3.8, 4) is 0 Å². The molecule has 2 aliphatic rings. The van der Waals surface area contributed by atoms with E-state index in [-0.39, 0.29) is 30.7 Å². The standard InChI is InChI=1S/C24H39N4O9P/c1-5-8-11-16(21(30)31)27-38(34)35-14-17-19(37-38)24(4,33)22(36-17)28-13-12-18(26-23(28)32)25-20(29)15(9-6-2)10-7-3/h12-13,15-17,19,22,27,33-34H,5-11,14H2,1-4H3,(H-,25,26,29,30,31,32)/p+1/t16-,17+,19+,22+,24+,38?/m0/s1. The van der Waals surface area contributed by atoms with E-state index in [0.29, 0.717) is 6.42 Å². The Bertz CT molecular complexity index is 1030. The van der Waals surface area contributed by atoms with Crippen LogP contribution in [0, 0.1) is 5.92 Å². The lowest BCUT2D eigenvalue weighted by Crippen LogP contribution is -2.51. The molecular weight excluding hydrogens is 519 g/mol. The maximum absolute atomic E-state index is 12.9. The third kappa shape index (κ3) is 6.95. The fraction of sp³-hybridized carbons (Fsp3) is 0.750. The van der Waals surface area contributed by atoms with E-state index in [1.54, 1.807) is 0 Å². The predicted octanol–water partition coefficient (Wildman–Crippen LogP) is 2.36. The quantitative estimate of drug-likeness (QED) is 0.224. The topological polar surface area (TPSA) is 181 Å². The van der Waals surface area contributed by atoms with Gasteiger partial charge in [0.1, 0.15) is 30.2 Å². The summed E-state index contributed by atoms with van der Waals surface area (Å²) in [6.07, 6.45) is 2.98. The number of unbranched alkanes of at least 4 members (excludes halogenated alkanes) is 1. The summed E-state index contributed by atoms with van der Waals surface area (Å²) < 4.78 is 18.1. The molecule has 5 N–H and O–H groups in total. The number of aliphatic carboxylic acids is 1. The summed E-state index contributed by atoms with van der Waals surface area (Å²) in [5.74, 6) is -1.44. The number of hydrogen-bond acceptors (Lipinski definition) is 10. The lowest BCUT2D eigenvalue weighted by Gasteiger charge is -2.33. The Morgan fingerprint density at radius 2 is 1.92 bits per heavy atom. The molecule has 0 bridgehead atoms. The summed E-state index contributed by atoms with van der Waals surface area (Å²) in [5, 5.41) is 26.1. The van der Waals surface area contributed by atoms with Crippen LogP contribution in [0.4, 0.5) is 5.82 Å². The molecule has 1 aromatic heterocycles. The van der Waals surface area contributed by atoms with Crippen LogP contribution in [0.5, 0.6) is 0 Å². The highest BCUT2D eigenvalue weighted by Crippen LogP contribution is 2.61. The van der Waals surface area contributed by atoms with Crippen LogP contribution < -0.4 is 16.1 Å². The number of aliphatic hydroxyl groups is 1. The van der Waals surface area contributed by atoms with Crippen molar-refractivity contribution >= 4 is 25.8 Å². The van der Waals surface area contributed by atoms with Crippen LogP contribution in [0.2, 0.25) is 0 Å². The second-order valence-electron chi connectivity index (χ2n) is 10.0. The SMILES string of the molecule is CCCC[C@H](N[P+]1(O)OC[C@H]2O[C@@H](n3ccc(NC(=O)C(CCC)CCC)nc3=O)[C@](C)(O)[C@@H]2O1)C(=O)O. The smallest absolute Gasteiger partial charge is 0.480 e. The van der Waals surface area contributed by atoms with Gasteiger partial charge in [0.2, 0.25) is 5.91 Å². The van der Waals surface area contributed by atoms with E-state index >= 15 is 0 Å². The normalized spacial score (nSPS) is 29.7. The Labute approximate surface area is 222 Å². The Hall–Kier alpha value is -1.99. The summed E-state index contributed by atoms with van der Waals surface area (Å²) in [7, 11) is -3.86. The molecule has 6 atom stereocenters. The maximum atomic E-state index is 12.9. The van der Waals surface area contributed by atoms with Crippen LogP contribution in [0.3, 0.4) is 0 Å². The van der Waals surface area contributed by atoms with Gasteiger partial charge in [0.15, 0.2) is 12.3 Å². The zero-order chi connectivity index (χ0) is 28.1. The summed E-state index contributed by atoms with van der Waals surface area (Å²) in [6.45, 7) is 7.13. The van der Waals surface area contributed by atoms with E-state index in [0.717, 1.165) is 36.7 Å². The van der Waals surface area contributed by atoms with Crippen molar-refractivity contribution in [2.45, 2.75) is 103 Å². The minimum absolute atomic E-state index is 0.0967. The van der Waals surface area contributed by atoms with E-state index in [9.17, 15) is 29.5 Å². The molecule has 0 aromatic carbocycles. The fourth-order valence-corrected chi connectivity index (χ4v) is 6.64. The summed E-state index contributed by atoms with van der Waals surface area (Å²) in [5.41, 5.74) is -2.57. The molecule has 214 valence electrons. The third-order valence-corrected chi connectivity index (χ3v) is 8.48. The highest BCUT2D eigenvalue weighted by molar-refractivity contribution is 7.58. The van der Waals surface area contributed by atoms with Gasteiger partial charge >= 0.3 is 19.8 Å². The van der Waals surface area contributed by atoms with Crippen LogP contribution in [0.1, 0.15) is 78.9 Å². The number of fused-ring (bicyclic) bond motifs is 1. The first-order valence-electron chi connectivity index (χ1n) is 13.2. The van der Waals surface area contributed by atoms with Gasteiger partial charge in [-0.3, -0.25) is 14.2 Å². The highest BCUT2D eigenvalue weighted by Gasteiger charge is 2.65. The summed E-state index contributed by atoms with van der Waals surface area (Å²) in [6, 6.07) is 0.347. The molecule has 2 fully saturated rings. The van der Waals surface area contributed by atoms with E-state index in [1.165, 1.54) is 19.2 Å². The van der Waals surface area contributed by atoms with Crippen LogP contribution in [0.15, 0.2) is 17.1 Å². The van der Waals surface area contributed by atoms with E-state index in [2.05, 4.69) is 15.4 Å². The van der Waals surface area contributed by atoms with Crippen LogP contribution >= 0.6 is 8.09 Å². The van der Waals surface area contributed by atoms with E-state index in [1.807, 2.05) is 20.8 Å². The number of ether oxygens (including phenoxy) is 1. The molecule has 1 amide bonds. The minimum Gasteiger partial charge on any atom is -0.480 e. The number of carbonyl (C=O) groups excluding carboxylic acids is 1. The molecule has 1 aromatic rings. The van der Waals surface area contributed by atoms with Gasteiger partial charge in [-0.25, -0.2) is 4.79 Å². The lowest BCUT2D eigenvalue weighted by molar-refractivity contribution is -0.139. The molecule has 14 heteroatoms. The number of nitrogens with zero attached hydrogens (tertiary/aromatic N) is 2. The van der Waals surface area contributed by atoms with Gasteiger partial charge in [0.05, 0.1) is 0 Å². The summed E-state index contributed by atoms with van der Waals surface area (Å²) in [4.78, 5) is 52.0. The molecule has 0 radical (unpaired) electrons. The molecular formula is C24H40N4O9P+. The number of hydrogen-bond donors (Lipinski definition) is 5. The number of nitrogens with one attached hydrogen (secondary N) is 2. The zero-order valence-electron chi connectivity index (χ0n) is 22.3. The molecule has 1 unspecified atom stereocenters. The molecule has 3 heterocycles. The van der Waals surface area contributed by atoms with Gasteiger partial charge in [-0.1, -0.05) is 46.5 Å². The van der Waals surface area contributed by atoms with Crippen molar-refractivity contribution in [3.05, 3.63) is 22.7 Å². The second-order valence-corrected chi connectivity index (χ2v) is 11.8. The fourth-order valence-electron chi connectivity index (χ4n) is 4.81. The minimum atomic E-state index is -3.86. The van der Waals surface area contributed by atoms with Crippen molar-refractivity contribution in [2.24, 2.45) is 5.92 Å². The Balaban J connectivity index is 1.74. The van der Waals surface area contributed by atoms with Crippen LogP contribution in [-0.2, 0) is 23.4 Å². The predicted molar refractivity (Wildman–Crippen MR) is 139 cm³/mol. The Morgan fingerprint density at radius 3 is 2.50 bits per heavy atom. The summed E-state index contributed by atoms with van der Waals surface area (Å²) >= 11 is 0.